The van der Waals surface area contributed by atoms with E-state index >= 15 is 0 Å². The molecular formula is C16H23NO4. The van der Waals surface area contributed by atoms with Crippen molar-refractivity contribution >= 4 is 11.8 Å². The van der Waals surface area contributed by atoms with Crippen LogP contribution < -0.4 is 10.1 Å². The van der Waals surface area contributed by atoms with Gasteiger partial charge in [0.25, 0.3) is 0 Å². The average molecular weight is 293 g/mol. The molecule has 0 fully saturated rings. The highest BCUT2D eigenvalue weighted by atomic mass is 16.5. The highest BCUT2D eigenvalue weighted by Crippen LogP contribution is 2.18. The van der Waals surface area contributed by atoms with E-state index in [1.54, 1.807) is 24.3 Å². The number of hydrogen-bond donors (Lipinski definition) is 2. The summed E-state index contributed by atoms with van der Waals surface area (Å²) in [5, 5.41) is 12.4. The fourth-order valence-electron chi connectivity index (χ4n) is 2.21. The summed E-state index contributed by atoms with van der Waals surface area (Å²) in [5.41, 5.74) is -0.378. The Bertz CT molecular complexity index is 495. The Labute approximate surface area is 125 Å². The third kappa shape index (κ3) is 4.29. The lowest BCUT2D eigenvalue weighted by molar-refractivity contribution is -0.145. The van der Waals surface area contributed by atoms with Crippen LogP contribution in [0.2, 0.25) is 0 Å². The normalized spacial score (nSPS) is 11.2. The Morgan fingerprint density at radius 3 is 2.38 bits per heavy atom. The van der Waals surface area contributed by atoms with Crippen molar-refractivity contribution in [2.45, 2.75) is 39.2 Å². The van der Waals surface area contributed by atoms with E-state index in [-0.39, 0.29) is 5.78 Å². The zero-order valence-corrected chi connectivity index (χ0v) is 12.8. The van der Waals surface area contributed by atoms with Gasteiger partial charge in [0, 0.05) is 6.54 Å². The van der Waals surface area contributed by atoms with Crippen molar-refractivity contribution in [3.05, 3.63) is 29.8 Å². The van der Waals surface area contributed by atoms with Crippen molar-refractivity contribution < 1.29 is 19.4 Å². The molecule has 0 unspecified atom stereocenters. The van der Waals surface area contributed by atoms with E-state index in [0.29, 0.717) is 37.3 Å². The molecule has 0 aliphatic carbocycles. The van der Waals surface area contributed by atoms with Gasteiger partial charge in [-0.25, -0.2) is 0 Å². The van der Waals surface area contributed by atoms with Gasteiger partial charge in [-0.1, -0.05) is 26.0 Å². The van der Waals surface area contributed by atoms with E-state index in [1.165, 1.54) is 6.92 Å². The number of hydrogen-bond acceptors (Lipinski definition) is 4. The number of benzene rings is 1. The summed E-state index contributed by atoms with van der Waals surface area (Å²) in [4.78, 5) is 22.8. The molecule has 116 valence electrons. The molecule has 0 aromatic heterocycles. The van der Waals surface area contributed by atoms with Gasteiger partial charge in [-0.2, -0.15) is 0 Å². The molecule has 0 aliphatic heterocycles. The van der Waals surface area contributed by atoms with Gasteiger partial charge in [-0.05, 0) is 31.9 Å². The maximum atomic E-state index is 11.5. The molecule has 0 bridgehead atoms. The van der Waals surface area contributed by atoms with Crippen LogP contribution in [0, 0.1) is 0 Å². The lowest BCUT2D eigenvalue weighted by atomic mass is 9.93. The fourth-order valence-corrected chi connectivity index (χ4v) is 2.21. The number of nitrogens with one attached hydrogen (secondary N) is 1. The summed E-state index contributed by atoms with van der Waals surface area (Å²) in [6.45, 7) is 5.89. The fraction of sp³-hybridized carbons (Fsp3) is 0.500. The first kappa shape index (κ1) is 17.2. The zero-order chi connectivity index (χ0) is 15.9. The summed E-state index contributed by atoms with van der Waals surface area (Å²) in [6.07, 6.45) is 1.01. The molecule has 0 spiro atoms. The minimum absolute atomic E-state index is 0.0550. The van der Waals surface area contributed by atoms with Gasteiger partial charge in [0.2, 0.25) is 0 Å². The van der Waals surface area contributed by atoms with Crippen LogP contribution in [-0.2, 0) is 4.79 Å². The Morgan fingerprint density at radius 1 is 1.24 bits per heavy atom. The first-order valence-electron chi connectivity index (χ1n) is 7.18. The van der Waals surface area contributed by atoms with Gasteiger partial charge in [0.1, 0.15) is 17.9 Å². The summed E-state index contributed by atoms with van der Waals surface area (Å²) < 4.78 is 5.59. The third-order valence-electron chi connectivity index (χ3n) is 3.71. The SMILES string of the molecule is CCC(CC)(NCCOc1ccccc1C(C)=O)C(=O)O. The van der Waals surface area contributed by atoms with Crippen LogP contribution in [-0.4, -0.2) is 35.5 Å². The molecule has 1 aromatic rings. The minimum Gasteiger partial charge on any atom is -0.492 e. The van der Waals surface area contributed by atoms with Gasteiger partial charge in [-0.3, -0.25) is 14.9 Å². The number of ether oxygens (including phenoxy) is 1. The molecular weight excluding hydrogens is 270 g/mol. The van der Waals surface area contributed by atoms with Crippen LogP contribution >= 0.6 is 0 Å². The van der Waals surface area contributed by atoms with Crippen molar-refractivity contribution in [2.24, 2.45) is 0 Å². The summed E-state index contributed by atoms with van der Waals surface area (Å²) >= 11 is 0. The number of carboxylic acid groups (broad SMARTS) is 1. The lowest BCUT2D eigenvalue weighted by Crippen LogP contribution is -2.52. The Balaban J connectivity index is 2.58. The average Bonchev–Trinajstić information content (AvgIpc) is 2.48. The number of carboxylic acids is 1. The van der Waals surface area contributed by atoms with Gasteiger partial charge in [0.05, 0.1) is 5.56 Å². The molecule has 5 heteroatoms. The zero-order valence-electron chi connectivity index (χ0n) is 12.8. The van der Waals surface area contributed by atoms with Crippen LogP contribution in [0.5, 0.6) is 5.75 Å². The van der Waals surface area contributed by atoms with Crippen LogP contribution in [0.25, 0.3) is 0 Å². The van der Waals surface area contributed by atoms with Crippen molar-refractivity contribution in [3.63, 3.8) is 0 Å². The minimum atomic E-state index is -0.913. The van der Waals surface area contributed by atoms with Gasteiger partial charge >= 0.3 is 5.97 Å². The number of aliphatic carboxylic acids is 1. The summed E-state index contributed by atoms with van der Waals surface area (Å²) in [6, 6.07) is 7.03. The summed E-state index contributed by atoms with van der Waals surface area (Å²) in [5.74, 6) is -0.377. The second-order valence-electron chi connectivity index (χ2n) is 4.92. The quantitative estimate of drug-likeness (QED) is 0.540. The smallest absolute Gasteiger partial charge is 0.323 e. The highest BCUT2D eigenvalue weighted by Gasteiger charge is 2.33. The van der Waals surface area contributed by atoms with E-state index in [4.69, 9.17) is 4.74 Å². The van der Waals surface area contributed by atoms with Gasteiger partial charge in [0.15, 0.2) is 5.78 Å². The van der Waals surface area contributed by atoms with Gasteiger partial charge in [-0.15, -0.1) is 0 Å². The maximum absolute atomic E-state index is 11.5. The highest BCUT2D eigenvalue weighted by molar-refractivity contribution is 5.96. The number of rotatable bonds is 9. The number of carbonyl (C=O) groups is 2. The second-order valence-corrected chi connectivity index (χ2v) is 4.92. The molecule has 0 heterocycles. The van der Waals surface area contributed by atoms with E-state index in [2.05, 4.69) is 5.32 Å². The molecule has 0 atom stereocenters. The molecule has 0 saturated heterocycles. The van der Waals surface area contributed by atoms with Gasteiger partial charge < -0.3 is 9.84 Å². The molecule has 1 rings (SSSR count). The number of para-hydroxylation sites is 1. The maximum Gasteiger partial charge on any atom is 0.323 e. The number of carbonyl (C=O) groups excluding carboxylic acids is 1. The molecule has 0 radical (unpaired) electrons. The molecule has 5 nitrogen and oxygen atoms in total. The molecule has 0 aliphatic rings. The van der Waals surface area contributed by atoms with Crippen molar-refractivity contribution in [1.82, 2.24) is 5.32 Å². The second kappa shape index (κ2) is 7.78. The predicted molar refractivity (Wildman–Crippen MR) is 80.9 cm³/mol. The van der Waals surface area contributed by atoms with E-state index in [1.807, 2.05) is 13.8 Å². The molecule has 0 saturated carbocycles. The Kier molecular flexibility index (Phi) is 6.37. The third-order valence-corrected chi connectivity index (χ3v) is 3.71. The van der Waals surface area contributed by atoms with Crippen molar-refractivity contribution in [1.29, 1.82) is 0 Å². The monoisotopic (exact) mass is 293 g/mol. The largest absolute Gasteiger partial charge is 0.492 e. The van der Waals surface area contributed by atoms with Crippen LogP contribution in [0.1, 0.15) is 44.0 Å². The molecule has 1 aromatic carbocycles. The number of Topliss-reactive ketones (excluding diaryl/α,β-unsaturated/α-hetero) is 1. The first-order valence-corrected chi connectivity index (χ1v) is 7.18. The molecule has 2 N–H and O–H groups in total. The van der Waals surface area contributed by atoms with E-state index in [0.717, 1.165) is 0 Å². The Morgan fingerprint density at radius 2 is 1.86 bits per heavy atom. The van der Waals surface area contributed by atoms with E-state index in [9.17, 15) is 14.7 Å². The summed E-state index contributed by atoms with van der Waals surface area (Å²) in [7, 11) is 0. The first-order chi connectivity index (χ1) is 9.96. The lowest BCUT2D eigenvalue weighted by Gasteiger charge is -2.28. The topological polar surface area (TPSA) is 75.6 Å². The van der Waals surface area contributed by atoms with Crippen LogP contribution in [0.15, 0.2) is 24.3 Å². The molecule has 0 amide bonds. The van der Waals surface area contributed by atoms with Crippen molar-refractivity contribution in [3.8, 4) is 5.75 Å². The van der Waals surface area contributed by atoms with Crippen molar-refractivity contribution in [2.75, 3.05) is 13.2 Å². The van der Waals surface area contributed by atoms with Crippen LogP contribution in [0.3, 0.4) is 0 Å². The number of ketones is 1. The standard InChI is InChI=1S/C16H23NO4/c1-4-16(5-2,15(19)20)17-10-11-21-14-9-7-6-8-13(14)12(3)18/h6-9,17H,4-5,10-11H2,1-3H3,(H,19,20). The molecule has 21 heavy (non-hydrogen) atoms. The Hall–Kier alpha value is -1.88. The van der Waals surface area contributed by atoms with Crippen LogP contribution in [0.4, 0.5) is 0 Å². The van der Waals surface area contributed by atoms with E-state index < -0.39 is 11.5 Å². The predicted octanol–water partition coefficient (Wildman–Crippen LogP) is 2.50.